The Morgan fingerprint density at radius 2 is 2.00 bits per heavy atom. The topological polar surface area (TPSA) is 29.1 Å². The van der Waals surface area contributed by atoms with Crippen LogP contribution in [0.2, 0.25) is 5.02 Å². The molecule has 0 radical (unpaired) electrons. The lowest BCUT2D eigenvalue weighted by Crippen LogP contribution is -2.25. The van der Waals surface area contributed by atoms with E-state index in [1.54, 1.807) is 18.2 Å². The van der Waals surface area contributed by atoms with Crippen molar-refractivity contribution in [2.75, 3.05) is 6.54 Å². The second kappa shape index (κ2) is 6.33. The monoisotopic (exact) mass is 237 g/mol. The molecule has 0 aliphatic heterocycles. The van der Waals surface area contributed by atoms with Crippen LogP contribution in [0.15, 0.2) is 30.3 Å². The average molecular weight is 238 g/mol. The molecule has 0 heterocycles. The van der Waals surface area contributed by atoms with Crippen molar-refractivity contribution in [1.29, 1.82) is 0 Å². The van der Waals surface area contributed by atoms with Crippen molar-refractivity contribution >= 4 is 23.6 Å². The predicted octanol–water partition coefficient (Wildman–Crippen LogP) is 3.13. The summed E-state index contributed by atoms with van der Waals surface area (Å²) in [5.41, 5.74) is 0.962. The minimum atomic E-state index is -0.0661. The Bertz CT molecular complexity index is 368. The van der Waals surface area contributed by atoms with Gasteiger partial charge in [-0.05, 0) is 29.7 Å². The van der Waals surface area contributed by atoms with Gasteiger partial charge in [-0.1, -0.05) is 37.6 Å². The fourth-order valence-electron chi connectivity index (χ4n) is 1.11. The van der Waals surface area contributed by atoms with Crippen LogP contribution in [0, 0.1) is 5.92 Å². The van der Waals surface area contributed by atoms with Crippen LogP contribution in [-0.4, -0.2) is 12.5 Å². The van der Waals surface area contributed by atoms with Gasteiger partial charge in [-0.15, -0.1) is 0 Å². The summed E-state index contributed by atoms with van der Waals surface area (Å²) in [6, 6.07) is 7.34. The fraction of sp³-hybridized carbons (Fsp3) is 0.308. The summed E-state index contributed by atoms with van der Waals surface area (Å²) in [6.07, 6.45) is 3.30. The molecular formula is C13H16ClNO. The van der Waals surface area contributed by atoms with Gasteiger partial charge < -0.3 is 5.32 Å². The van der Waals surface area contributed by atoms with Crippen LogP contribution in [0.25, 0.3) is 6.08 Å². The number of hydrogen-bond acceptors (Lipinski definition) is 1. The molecule has 0 saturated heterocycles. The molecule has 0 aliphatic rings. The molecular weight excluding hydrogens is 222 g/mol. The maximum atomic E-state index is 11.4. The Morgan fingerprint density at radius 3 is 2.56 bits per heavy atom. The summed E-state index contributed by atoms with van der Waals surface area (Å²) in [7, 11) is 0. The maximum absolute atomic E-state index is 11.4. The summed E-state index contributed by atoms with van der Waals surface area (Å²) >= 11 is 5.76. The molecule has 0 unspecified atom stereocenters. The molecule has 16 heavy (non-hydrogen) atoms. The number of nitrogens with one attached hydrogen (secondary N) is 1. The van der Waals surface area contributed by atoms with E-state index in [-0.39, 0.29) is 5.91 Å². The molecule has 0 atom stereocenters. The van der Waals surface area contributed by atoms with E-state index >= 15 is 0 Å². The quantitative estimate of drug-likeness (QED) is 0.801. The van der Waals surface area contributed by atoms with Crippen LogP contribution < -0.4 is 5.32 Å². The van der Waals surface area contributed by atoms with E-state index < -0.39 is 0 Å². The lowest BCUT2D eigenvalue weighted by atomic mass is 10.2. The Labute approximate surface area is 101 Å². The Balaban J connectivity index is 2.47. The van der Waals surface area contributed by atoms with E-state index in [2.05, 4.69) is 19.2 Å². The first-order valence-corrected chi connectivity index (χ1v) is 5.67. The highest BCUT2D eigenvalue weighted by Gasteiger charge is 1.97. The average Bonchev–Trinajstić information content (AvgIpc) is 2.25. The zero-order chi connectivity index (χ0) is 12.0. The second-order valence-corrected chi connectivity index (χ2v) is 4.46. The Hall–Kier alpha value is -1.28. The van der Waals surface area contributed by atoms with Crippen molar-refractivity contribution < 1.29 is 4.79 Å². The lowest BCUT2D eigenvalue weighted by molar-refractivity contribution is -0.116. The molecule has 86 valence electrons. The summed E-state index contributed by atoms with van der Waals surface area (Å²) < 4.78 is 0. The maximum Gasteiger partial charge on any atom is 0.244 e. The van der Waals surface area contributed by atoms with Crippen molar-refractivity contribution in [3.8, 4) is 0 Å². The van der Waals surface area contributed by atoms with Crippen LogP contribution in [0.5, 0.6) is 0 Å². The van der Waals surface area contributed by atoms with E-state index in [4.69, 9.17) is 11.6 Å². The zero-order valence-corrected chi connectivity index (χ0v) is 10.3. The van der Waals surface area contributed by atoms with Crippen LogP contribution in [0.4, 0.5) is 0 Å². The van der Waals surface area contributed by atoms with Gasteiger partial charge in [-0.2, -0.15) is 0 Å². The van der Waals surface area contributed by atoms with Gasteiger partial charge in [-0.25, -0.2) is 0 Å². The minimum Gasteiger partial charge on any atom is -0.352 e. The van der Waals surface area contributed by atoms with Crippen LogP contribution in [-0.2, 0) is 4.79 Å². The third-order valence-corrected chi connectivity index (χ3v) is 2.23. The standard InChI is InChI=1S/C13H16ClNO/c1-10(2)9-15-13(16)8-5-11-3-6-12(14)7-4-11/h3-8,10H,9H2,1-2H3,(H,15,16)/b8-5+. The van der Waals surface area contributed by atoms with Crippen LogP contribution in [0.1, 0.15) is 19.4 Å². The molecule has 0 spiro atoms. The molecule has 0 fully saturated rings. The summed E-state index contributed by atoms with van der Waals surface area (Å²) in [6.45, 7) is 4.82. The van der Waals surface area contributed by atoms with Crippen molar-refractivity contribution in [2.45, 2.75) is 13.8 Å². The van der Waals surface area contributed by atoms with Gasteiger partial charge in [-0.3, -0.25) is 4.79 Å². The second-order valence-electron chi connectivity index (χ2n) is 4.02. The van der Waals surface area contributed by atoms with E-state index in [0.717, 1.165) is 5.56 Å². The van der Waals surface area contributed by atoms with Crippen molar-refractivity contribution in [3.63, 3.8) is 0 Å². The molecule has 1 amide bonds. The van der Waals surface area contributed by atoms with Crippen molar-refractivity contribution in [3.05, 3.63) is 40.9 Å². The first-order valence-electron chi connectivity index (χ1n) is 5.29. The molecule has 1 rings (SSSR count). The first-order chi connectivity index (χ1) is 7.58. The zero-order valence-electron chi connectivity index (χ0n) is 9.53. The molecule has 2 nitrogen and oxygen atoms in total. The third-order valence-electron chi connectivity index (χ3n) is 1.98. The minimum absolute atomic E-state index is 0.0661. The van der Waals surface area contributed by atoms with Crippen molar-refractivity contribution in [1.82, 2.24) is 5.32 Å². The van der Waals surface area contributed by atoms with Gasteiger partial charge in [0.15, 0.2) is 0 Å². The highest BCUT2D eigenvalue weighted by Crippen LogP contribution is 2.10. The molecule has 1 aromatic carbocycles. The molecule has 1 N–H and O–H groups in total. The van der Waals surface area contributed by atoms with Gasteiger partial charge in [0.1, 0.15) is 0 Å². The van der Waals surface area contributed by atoms with E-state index in [1.807, 2.05) is 12.1 Å². The number of benzene rings is 1. The molecule has 0 saturated carbocycles. The van der Waals surface area contributed by atoms with Gasteiger partial charge in [0, 0.05) is 17.6 Å². The number of amides is 1. The molecule has 1 aromatic rings. The molecule has 0 aromatic heterocycles. The summed E-state index contributed by atoms with van der Waals surface area (Å²) in [4.78, 5) is 11.4. The van der Waals surface area contributed by atoms with E-state index in [0.29, 0.717) is 17.5 Å². The highest BCUT2D eigenvalue weighted by atomic mass is 35.5. The molecule has 3 heteroatoms. The number of carbonyl (C=O) groups is 1. The number of halogens is 1. The smallest absolute Gasteiger partial charge is 0.244 e. The van der Waals surface area contributed by atoms with E-state index in [1.165, 1.54) is 6.08 Å². The number of rotatable bonds is 4. The predicted molar refractivity (Wildman–Crippen MR) is 68.3 cm³/mol. The van der Waals surface area contributed by atoms with Crippen LogP contribution >= 0.6 is 11.6 Å². The van der Waals surface area contributed by atoms with Gasteiger partial charge >= 0.3 is 0 Å². The summed E-state index contributed by atoms with van der Waals surface area (Å²) in [5, 5.41) is 3.51. The number of carbonyl (C=O) groups excluding carboxylic acids is 1. The number of hydrogen-bond donors (Lipinski definition) is 1. The first kappa shape index (κ1) is 12.8. The van der Waals surface area contributed by atoms with Crippen molar-refractivity contribution in [2.24, 2.45) is 5.92 Å². The largest absolute Gasteiger partial charge is 0.352 e. The Kier molecular flexibility index (Phi) is 5.06. The van der Waals surface area contributed by atoms with E-state index in [9.17, 15) is 4.79 Å². The summed E-state index contributed by atoms with van der Waals surface area (Å²) in [5.74, 6) is 0.400. The van der Waals surface area contributed by atoms with Gasteiger partial charge in [0.25, 0.3) is 0 Å². The lowest BCUT2D eigenvalue weighted by Gasteiger charge is -2.04. The normalized spacial score (nSPS) is 11.0. The molecule has 0 aliphatic carbocycles. The fourth-order valence-corrected chi connectivity index (χ4v) is 1.24. The Morgan fingerprint density at radius 1 is 1.38 bits per heavy atom. The van der Waals surface area contributed by atoms with Crippen LogP contribution in [0.3, 0.4) is 0 Å². The molecule has 0 bridgehead atoms. The van der Waals surface area contributed by atoms with Gasteiger partial charge in [0.05, 0.1) is 0 Å². The third kappa shape index (κ3) is 4.99. The van der Waals surface area contributed by atoms with Gasteiger partial charge in [0.2, 0.25) is 5.91 Å². The highest BCUT2D eigenvalue weighted by molar-refractivity contribution is 6.30. The SMILES string of the molecule is CC(C)CNC(=O)/C=C/c1ccc(Cl)cc1.